The molecule has 2 aliphatic heterocycles. The van der Waals surface area contributed by atoms with Crippen LogP contribution in [0.4, 0.5) is 0 Å². The summed E-state index contributed by atoms with van der Waals surface area (Å²) in [7, 11) is 0. The Morgan fingerprint density at radius 2 is 1.89 bits per heavy atom. The summed E-state index contributed by atoms with van der Waals surface area (Å²) in [5.41, 5.74) is 3.69. The van der Waals surface area contributed by atoms with Crippen molar-refractivity contribution in [2.45, 2.75) is 46.2 Å². The summed E-state index contributed by atoms with van der Waals surface area (Å²) < 4.78 is 2.21. The molecule has 1 aromatic heterocycles. The van der Waals surface area contributed by atoms with E-state index in [9.17, 15) is 9.90 Å². The predicted octanol–water partition coefficient (Wildman–Crippen LogP) is 3.02. The number of piperidine rings is 1. The molecule has 1 unspecified atom stereocenters. The van der Waals surface area contributed by atoms with Crippen molar-refractivity contribution in [3.8, 4) is 0 Å². The third-order valence-corrected chi connectivity index (χ3v) is 6.80. The highest BCUT2D eigenvalue weighted by Crippen LogP contribution is 2.29. The van der Waals surface area contributed by atoms with Gasteiger partial charge in [0, 0.05) is 49.4 Å². The zero-order chi connectivity index (χ0) is 19.7. The van der Waals surface area contributed by atoms with E-state index in [1.807, 2.05) is 4.90 Å². The predicted molar refractivity (Wildman–Crippen MR) is 112 cm³/mol. The van der Waals surface area contributed by atoms with Crippen molar-refractivity contribution in [2.75, 3.05) is 32.8 Å². The van der Waals surface area contributed by atoms with Gasteiger partial charge < -0.3 is 14.6 Å². The van der Waals surface area contributed by atoms with Gasteiger partial charge >= 0.3 is 0 Å². The Morgan fingerprint density at radius 1 is 1.14 bits per heavy atom. The Kier molecular flexibility index (Phi) is 5.74. The van der Waals surface area contributed by atoms with Crippen molar-refractivity contribution in [2.24, 2.45) is 11.8 Å². The number of para-hydroxylation sites is 1. The molecule has 2 aromatic rings. The summed E-state index contributed by atoms with van der Waals surface area (Å²) >= 11 is 0. The Labute approximate surface area is 167 Å². The maximum atomic E-state index is 13.0. The fraction of sp³-hybridized carbons (Fsp3) is 0.609. The van der Waals surface area contributed by atoms with Gasteiger partial charge in [0.05, 0.1) is 0 Å². The second-order valence-electron chi connectivity index (χ2n) is 8.80. The Hall–Kier alpha value is -1.85. The van der Waals surface area contributed by atoms with E-state index >= 15 is 0 Å². The highest BCUT2D eigenvalue weighted by Gasteiger charge is 2.26. The molecule has 152 valence electrons. The van der Waals surface area contributed by atoms with Gasteiger partial charge in [-0.25, -0.2) is 0 Å². The third kappa shape index (κ3) is 3.83. The van der Waals surface area contributed by atoms with Gasteiger partial charge in [0.2, 0.25) is 5.91 Å². The molecule has 2 aliphatic rings. The van der Waals surface area contributed by atoms with Crippen LogP contribution < -0.4 is 0 Å². The smallest absolute Gasteiger partial charge is 0.242 e. The monoisotopic (exact) mass is 383 g/mol. The molecule has 0 radical (unpaired) electrons. The topological polar surface area (TPSA) is 48.7 Å². The number of hydrogen-bond acceptors (Lipinski definition) is 3. The van der Waals surface area contributed by atoms with Gasteiger partial charge in [-0.15, -0.1) is 0 Å². The van der Waals surface area contributed by atoms with Gasteiger partial charge in [-0.1, -0.05) is 25.1 Å². The lowest BCUT2D eigenvalue weighted by atomic mass is 9.99. The van der Waals surface area contributed by atoms with Crippen LogP contribution in [0.15, 0.2) is 24.3 Å². The molecule has 3 heterocycles. The number of nitrogens with zero attached hydrogens (tertiary/aromatic N) is 3. The standard InChI is InChI=1S/C23H33N3O2/c1-17-7-11-25(12-8-17)23(28)15-26-18(2)21(20-5-3-4-6-22(20)26)14-24-10-9-19(13-24)16-27/h3-6,17,19,27H,7-16H2,1-2H3. The Bertz CT molecular complexity index is 836. The van der Waals surface area contributed by atoms with Gasteiger partial charge in [0.15, 0.2) is 0 Å². The molecule has 1 amide bonds. The quantitative estimate of drug-likeness (QED) is 0.863. The summed E-state index contributed by atoms with van der Waals surface area (Å²) in [5.74, 6) is 1.37. The van der Waals surface area contributed by atoms with Crippen molar-refractivity contribution in [1.82, 2.24) is 14.4 Å². The number of aliphatic hydroxyl groups is 1. The first-order valence-corrected chi connectivity index (χ1v) is 10.7. The molecule has 5 heteroatoms. The van der Waals surface area contributed by atoms with Crippen LogP contribution in [-0.4, -0.2) is 58.2 Å². The average molecular weight is 384 g/mol. The maximum Gasteiger partial charge on any atom is 0.242 e. The van der Waals surface area contributed by atoms with Gasteiger partial charge in [-0.3, -0.25) is 9.69 Å². The highest BCUT2D eigenvalue weighted by molar-refractivity contribution is 5.87. The molecule has 1 N–H and O–H groups in total. The SMILES string of the molecule is Cc1c(CN2CCC(CO)C2)c2ccccc2n1CC(=O)N1CCC(C)CC1. The number of aromatic nitrogens is 1. The van der Waals surface area contributed by atoms with Crippen LogP contribution in [0.5, 0.6) is 0 Å². The third-order valence-electron chi connectivity index (χ3n) is 6.80. The van der Waals surface area contributed by atoms with Crippen molar-refractivity contribution in [3.05, 3.63) is 35.5 Å². The number of carbonyl (C=O) groups is 1. The van der Waals surface area contributed by atoms with Crippen LogP contribution in [0.1, 0.15) is 37.4 Å². The summed E-state index contributed by atoms with van der Waals surface area (Å²) in [6.07, 6.45) is 3.30. The minimum atomic E-state index is 0.240. The molecule has 28 heavy (non-hydrogen) atoms. The van der Waals surface area contributed by atoms with Crippen molar-refractivity contribution < 1.29 is 9.90 Å². The lowest BCUT2D eigenvalue weighted by molar-refractivity contribution is -0.133. The van der Waals surface area contributed by atoms with Crippen LogP contribution in [0.3, 0.4) is 0 Å². The second kappa shape index (κ2) is 8.26. The Balaban J connectivity index is 1.57. The summed E-state index contributed by atoms with van der Waals surface area (Å²) in [5, 5.41) is 10.7. The van der Waals surface area contributed by atoms with Crippen LogP contribution in [0, 0.1) is 18.8 Å². The number of hydrogen-bond donors (Lipinski definition) is 1. The summed E-state index contributed by atoms with van der Waals surface area (Å²) in [6, 6.07) is 8.47. The van der Waals surface area contributed by atoms with E-state index in [1.54, 1.807) is 0 Å². The first kappa shape index (κ1) is 19.5. The minimum Gasteiger partial charge on any atom is -0.396 e. The fourth-order valence-electron chi connectivity index (χ4n) is 4.83. The first-order chi connectivity index (χ1) is 13.6. The number of rotatable bonds is 5. The average Bonchev–Trinajstić information content (AvgIpc) is 3.27. The van der Waals surface area contributed by atoms with Gasteiger partial charge in [0.25, 0.3) is 0 Å². The number of fused-ring (bicyclic) bond motifs is 1. The van der Waals surface area contributed by atoms with E-state index in [1.165, 1.54) is 16.6 Å². The molecule has 2 saturated heterocycles. The van der Waals surface area contributed by atoms with E-state index < -0.39 is 0 Å². The molecule has 5 nitrogen and oxygen atoms in total. The molecule has 0 spiro atoms. The molecule has 2 fully saturated rings. The van der Waals surface area contributed by atoms with Crippen LogP contribution in [-0.2, 0) is 17.9 Å². The number of aliphatic hydroxyl groups excluding tert-OH is 1. The lowest BCUT2D eigenvalue weighted by Crippen LogP contribution is -2.39. The maximum absolute atomic E-state index is 13.0. The first-order valence-electron chi connectivity index (χ1n) is 10.7. The number of carbonyl (C=O) groups excluding carboxylic acids is 1. The summed E-state index contributed by atoms with van der Waals surface area (Å²) in [4.78, 5) is 17.5. The molecule has 1 atom stereocenters. The van der Waals surface area contributed by atoms with Crippen molar-refractivity contribution in [1.29, 1.82) is 0 Å². The molecule has 4 rings (SSSR count). The Morgan fingerprint density at radius 3 is 2.61 bits per heavy atom. The molecular weight excluding hydrogens is 350 g/mol. The van der Waals surface area contributed by atoms with E-state index in [-0.39, 0.29) is 12.5 Å². The molecule has 0 saturated carbocycles. The number of amides is 1. The second-order valence-corrected chi connectivity index (χ2v) is 8.80. The van der Waals surface area contributed by atoms with Gasteiger partial charge in [0.1, 0.15) is 6.54 Å². The largest absolute Gasteiger partial charge is 0.396 e. The van der Waals surface area contributed by atoms with Crippen molar-refractivity contribution >= 4 is 16.8 Å². The van der Waals surface area contributed by atoms with Gasteiger partial charge in [-0.05, 0) is 56.2 Å². The van der Waals surface area contributed by atoms with Crippen molar-refractivity contribution in [3.63, 3.8) is 0 Å². The van der Waals surface area contributed by atoms with Gasteiger partial charge in [-0.2, -0.15) is 0 Å². The van der Waals surface area contributed by atoms with Crippen LogP contribution >= 0.6 is 0 Å². The van der Waals surface area contributed by atoms with E-state index in [4.69, 9.17) is 0 Å². The molecule has 0 bridgehead atoms. The number of benzene rings is 1. The minimum absolute atomic E-state index is 0.240. The normalized spacial score (nSPS) is 21.7. The van der Waals surface area contributed by atoms with Crippen LogP contribution in [0.25, 0.3) is 10.9 Å². The van der Waals surface area contributed by atoms with E-state index in [0.717, 1.165) is 63.4 Å². The lowest BCUT2D eigenvalue weighted by Gasteiger charge is -2.30. The fourth-order valence-corrected chi connectivity index (χ4v) is 4.83. The molecule has 1 aromatic carbocycles. The summed E-state index contributed by atoms with van der Waals surface area (Å²) in [6.45, 7) is 9.81. The van der Waals surface area contributed by atoms with E-state index in [0.29, 0.717) is 12.5 Å². The molecule has 0 aliphatic carbocycles. The zero-order valence-electron chi connectivity index (χ0n) is 17.2. The number of likely N-dealkylation sites (tertiary alicyclic amines) is 2. The zero-order valence-corrected chi connectivity index (χ0v) is 17.2. The highest BCUT2D eigenvalue weighted by atomic mass is 16.3. The van der Waals surface area contributed by atoms with Crippen LogP contribution in [0.2, 0.25) is 0 Å². The van der Waals surface area contributed by atoms with E-state index in [2.05, 4.69) is 47.6 Å². The molecular formula is C23H33N3O2.